The molecule has 0 fully saturated rings. The third-order valence-corrected chi connectivity index (χ3v) is 6.40. The number of unbranched alkanes of at least 4 members (excludes halogenated alkanes) is 2. The first-order valence-corrected chi connectivity index (χ1v) is 13.2. The largest absolute Gasteiger partial charge is 0.504 e. The second-order valence-electron chi connectivity index (χ2n) is 9.25. The Morgan fingerprint density at radius 2 is 1.26 bits per heavy atom. The first-order valence-electron chi connectivity index (χ1n) is 13.2. The zero-order valence-corrected chi connectivity index (χ0v) is 22.6. The van der Waals surface area contributed by atoms with E-state index in [4.69, 9.17) is 9.47 Å². The second-order valence-corrected chi connectivity index (χ2v) is 9.25. The minimum absolute atomic E-state index is 0.00514. The fourth-order valence-corrected chi connectivity index (χ4v) is 4.27. The van der Waals surface area contributed by atoms with Gasteiger partial charge in [-0.15, -0.1) is 0 Å². The zero-order valence-electron chi connectivity index (χ0n) is 22.6. The summed E-state index contributed by atoms with van der Waals surface area (Å²) in [6.07, 6.45) is 1.98. The van der Waals surface area contributed by atoms with Crippen LogP contribution in [0.25, 0.3) is 0 Å². The predicted molar refractivity (Wildman–Crippen MR) is 151 cm³/mol. The molecule has 0 saturated heterocycles. The molecule has 0 atom stereocenters. The molecule has 0 unspecified atom stereocenters. The Bertz CT molecular complexity index is 1630. The quantitative estimate of drug-likeness (QED) is 0.0711. The molecule has 4 aromatic carbocycles. The smallest absolute Gasteiger partial charge is 0.343 e. The van der Waals surface area contributed by atoms with Gasteiger partial charge in [-0.3, -0.25) is 9.59 Å². The fraction of sp³-hybridized carbons (Fsp3) is 0.152. The monoisotopic (exact) mass is 570 g/mol. The second kappa shape index (κ2) is 13.4. The van der Waals surface area contributed by atoms with Gasteiger partial charge in [-0.2, -0.15) is 0 Å². The maximum atomic E-state index is 14.9. The van der Waals surface area contributed by atoms with Crippen molar-refractivity contribution in [2.75, 3.05) is 6.61 Å². The summed E-state index contributed by atoms with van der Waals surface area (Å²) in [6.45, 7) is 1.84. The molecule has 0 heterocycles. The Hall–Kier alpha value is -5.31. The van der Waals surface area contributed by atoms with Crippen LogP contribution in [0.1, 0.15) is 78.7 Å². The van der Waals surface area contributed by atoms with E-state index in [1.807, 2.05) is 6.92 Å². The highest BCUT2D eigenvalue weighted by Gasteiger charge is 2.38. The van der Waals surface area contributed by atoms with Crippen LogP contribution in [-0.4, -0.2) is 40.3 Å². The van der Waals surface area contributed by atoms with Gasteiger partial charge < -0.3 is 19.7 Å². The molecule has 0 aliphatic heterocycles. The Balaban J connectivity index is 2.02. The summed E-state index contributed by atoms with van der Waals surface area (Å²) in [5, 5.41) is 22.2. The van der Waals surface area contributed by atoms with Crippen molar-refractivity contribution in [2.24, 2.45) is 0 Å². The van der Waals surface area contributed by atoms with E-state index in [9.17, 15) is 33.8 Å². The molecule has 0 aliphatic carbocycles. The first kappa shape index (κ1) is 29.7. The number of ketones is 2. The van der Waals surface area contributed by atoms with Crippen LogP contribution in [0.2, 0.25) is 0 Å². The highest BCUT2D eigenvalue weighted by atomic mass is 19.1. The lowest BCUT2D eigenvalue weighted by Crippen LogP contribution is -2.22. The van der Waals surface area contributed by atoms with Crippen molar-refractivity contribution in [1.82, 2.24) is 0 Å². The van der Waals surface area contributed by atoms with E-state index in [0.717, 1.165) is 18.6 Å². The van der Waals surface area contributed by atoms with Crippen molar-refractivity contribution in [2.45, 2.75) is 26.2 Å². The molecule has 0 bridgehead atoms. The lowest BCUT2D eigenvalue weighted by Gasteiger charge is -2.20. The zero-order chi connectivity index (χ0) is 30.2. The number of rotatable bonds is 11. The van der Waals surface area contributed by atoms with E-state index in [0.29, 0.717) is 12.8 Å². The van der Waals surface area contributed by atoms with E-state index < -0.39 is 68.8 Å². The third kappa shape index (κ3) is 6.20. The van der Waals surface area contributed by atoms with Gasteiger partial charge in [0.15, 0.2) is 17.3 Å². The number of halogens is 1. The lowest BCUT2D eigenvalue weighted by atomic mass is 9.88. The maximum absolute atomic E-state index is 14.9. The van der Waals surface area contributed by atoms with Crippen molar-refractivity contribution in [3.05, 3.63) is 124 Å². The Kier molecular flexibility index (Phi) is 9.44. The van der Waals surface area contributed by atoms with E-state index in [-0.39, 0.29) is 17.7 Å². The standard InChI is InChI=1S/C33H27FO8/c1-2-3-12-19-41-33(40)24-25(27(35)20-13-6-4-7-14-20)29(37)30(38)31(42-32(39)21-15-8-5-9-16-21)26(24)28(36)22-17-10-11-18-23(22)34/h4-11,13-18,37-38H,2-3,12,19H2,1H3. The molecule has 0 aromatic heterocycles. The molecule has 0 saturated carbocycles. The summed E-state index contributed by atoms with van der Waals surface area (Å²) in [5.41, 5.74) is -2.89. The van der Waals surface area contributed by atoms with Gasteiger partial charge >= 0.3 is 11.9 Å². The summed E-state index contributed by atoms with van der Waals surface area (Å²) < 4.78 is 25.7. The summed E-state index contributed by atoms with van der Waals surface area (Å²) in [4.78, 5) is 54.3. The molecule has 0 aliphatic rings. The number of esters is 2. The normalized spacial score (nSPS) is 10.6. The minimum Gasteiger partial charge on any atom is -0.504 e. The molecule has 42 heavy (non-hydrogen) atoms. The highest BCUT2D eigenvalue weighted by molar-refractivity contribution is 6.24. The number of phenols is 2. The van der Waals surface area contributed by atoms with Crippen LogP contribution in [0.15, 0.2) is 84.9 Å². The predicted octanol–water partition coefficient (Wildman–Crippen LogP) is 6.27. The minimum atomic E-state index is -1.21. The van der Waals surface area contributed by atoms with Crippen LogP contribution in [0.5, 0.6) is 17.2 Å². The van der Waals surface area contributed by atoms with Crippen molar-refractivity contribution < 1.29 is 43.3 Å². The molecule has 4 rings (SSSR count). The Morgan fingerprint density at radius 1 is 0.667 bits per heavy atom. The molecule has 8 nitrogen and oxygen atoms in total. The van der Waals surface area contributed by atoms with Crippen LogP contribution < -0.4 is 4.74 Å². The van der Waals surface area contributed by atoms with Crippen molar-refractivity contribution in [3.8, 4) is 17.2 Å². The summed E-state index contributed by atoms with van der Waals surface area (Å²) in [7, 11) is 0. The molecule has 0 spiro atoms. The molecular weight excluding hydrogens is 543 g/mol. The third-order valence-electron chi connectivity index (χ3n) is 6.40. The van der Waals surface area contributed by atoms with Gasteiger partial charge in [0.1, 0.15) is 5.82 Å². The number of phenolic OH excluding ortho intramolecular Hbond substituents is 2. The maximum Gasteiger partial charge on any atom is 0.343 e. The molecular formula is C33H27FO8. The van der Waals surface area contributed by atoms with E-state index in [1.165, 1.54) is 48.5 Å². The molecule has 2 N–H and O–H groups in total. The summed E-state index contributed by atoms with van der Waals surface area (Å²) >= 11 is 0. The fourth-order valence-electron chi connectivity index (χ4n) is 4.27. The number of carbonyl (C=O) groups is 4. The van der Waals surface area contributed by atoms with E-state index in [2.05, 4.69) is 0 Å². The van der Waals surface area contributed by atoms with Gasteiger partial charge in [0.2, 0.25) is 11.5 Å². The average Bonchev–Trinajstić information content (AvgIpc) is 3.01. The van der Waals surface area contributed by atoms with Gasteiger partial charge in [0.05, 0.1) is 34.4 Å². The topological polar surface area (TPSA) is 127 Å². The molecule has 4 aromatic rings. The average molecular weight is 571 g/mol. The van der Waals surface area contributed by atoms with Crippen LogP contribution >= 0.6 is 0 Å². The van der Waals surface area contributed by atoms with Crippen molar-refractivity contribution >= 4 is 23.5 Å². The Morgan fingerprint density at radius 3 is 1.88 bits per heavy atom. The number of ether oxygens (including phenoxy) is 2. The van der Waals surface area contributed by atoms with Gasteiger partial charge in [0, 0.05) is 5.56 Å². The number of aromatic hydroxyl groups is 2. The van der Waals surface area contributed by atoms with Crippen LogP contribution in [0.4, 0.5) is 4.39 Å². The summed E-state index contributed by atoms with van der Waals surface area (Å²) in [6, 6.07) is 19.9. The molecule has 9 heteroatoms. The first-order chi connectivity index (χ1) is 20.3. The molecule has 0 radical (unpaired) electrons. The number of hydrogen-bond donors (Lipinski definition) is 2. The molecule has 214 valence electrons. The number of hydrogen-bond acceptors (Lipinski definition) is 8. The lowest BCUT2D eigenvalue weighted by molar-refractivity contribution is 0.0489. The van der Waals surface area contributed by atoms with Crippen LogP contribution in [0.3, 0.4) is 0 Å². The van der Waals surface area contributed by atoms with Crippen molar-refractivity contribution in [3.63, 3.8) is 0 Å². The van der Waals surface area contributed by atoms with Gasteiger partial charge in [-0.05, 0) is 30.7 Å². The van der Waals surface area contributed by atoms with E-state index in [1.54, 1.807) is 24.3 Å². The highest BCUT2D eigenvalue weighted by Crippen LogP contribution is 2.46. The van der Waals surface area contributed by atoms with Crippen LogP contribution in [-0.2, 0) is 4.74 Å². The molecule has 0 amide bonds. The van der Waals surface area contributed by atoms with Crippen LogP contribution in [0, 0.1) is 5.82 Å². The van der Waals surface area contributed by atoms with Gasteiger partial charge in [0.25, 0.3) is 0 Å². The Labute approximate surface area is 241 Å². The van der Waals surface area contributed by atoms with Gasteiger partial charge in [-0.25, -0.2) is 14.0 Å². The van der Waals surface area contributed by atoms with Crippen molar-refractivity contribution in [1.29, 1.82) is 0 Å². The number of carbonyl (C=O) groups excluding carboxylic acids is 4. The number of benzene rings is 4. The summed E-state index contributed by atoms with van der Waals surface area (Å²) in [5.74, 6) is -8.59. The van der Waals surface area contributed by atoms with E-state index >= 15 is 0 Å². The van der Waals surface area contributed by atoms with Gasteiger partial charge in [-0.1, -0.05) is 80.4 Å². The SMILES string of the molecule is CCCCCOC(=O)c1c(C(=O)c2ccccc2)c(O)c(O)c(OC(=O)c2ccccc2)c1C(=O)c1ccccc1F.